The van der Waals surface area contributed by atoms with Gasteiger partial charge in [-0.05, 0) is 304 Å². The van der Waals surface area contributed by atoms with Gasteiger partial charge in [-0.1, -0.05) is 301 Å². The Bertz CT molecular complexity index is 6560. The van der Waals surface area contributed by atoms with Crippen LogP contribution in [-0.2, 0) is 39.1 Å². The van der Waals surface area contributed by atoms with Crippen molar-refractivity contribution < 1.29 is 80.6 Å². The van der Waals surface area contributed by atoms with Crippen LogP contribution in [0.25, 0.3) is 87.7 Å². The Morgan fingerprint density at radius 3 is 1.35 bits per heavy atom. The number of nitrogens with zero attached hydrogens (tertiary/aromatic N) is 2. The van der Waals surface area contributed by atoms with Gasteiger partial charge in [-0.3, -0.25) is 4.39 Å². The third-order valence-corrected chi connectivity index (χ3v) is 33.5. The molecule has 16 aromatic rings. The van der Waals surface area contributed by atoms with Crippen LogP contribution in [0.2, 0.25) is 31.2 Å². The van der Waals surface area contributed by atoms with Gasteiger partial charge in [-0.15, -0.1) is 12.3 Å². The second kappa shape index (κ2) is 51.2. The van der Waals surface area contributed by atoms with Crippen LogP contribution in [0.4, 0.5) is 4.39 Å². The van der Waals surface area contributed by atoms with E-state index in [0.29, 0.717) is 18.5 Å². The summed E-state index contributed by atoms with van der Waals surface area (Å²) in [5, 5.41) is 22.2. The van der Waals surface area contributed by atoms with Crippen molar-refractivity contribution in [1.82, 2.24) is 9.13 Å². The van der Waals surface area contributed by atoms with E-state index in [4.69, 9.17) is 53.2 Å². The molecule has 2 aromatic heterocycles. The molecule has 11 nitrogen and oxygen atoms in total. The van der Waals surface area contributed by atoms with Crippen molar-refractivity contribution in [3.8, 4) is 28.3 Å². The van der Waals surface area contributed by atoms with Gasteiger partial charge >= 0.3 is 28.8 Å². The van der Waals surface area contributed by atoms with Gasteiger partial charge in [0.25, 0.3) is 0 Å². The molecular weight excluding hydrogens is 2390 g/mol. The first kappa shape index (κ1) is 109. The zero-order chi connectivity index (χ0) is 100. The second-order valence-electron chi connectivity index (χ2n) is 36.3. The van der Waals surface area contributed by atoms with Crippen molar-refractivity contribution in [2.75, 3.05) is 20.4 Å². The number of aromatic nitrogens is 2. The van der Waals surface area contributed by atoms with Crippen molar-refractivity contribution in [2.24, 2.45) is 0 Å². The van der Waals surface area contributed by atoms with Gasteiger partial charge in [0.2, 0.25) is 0 Å². The summed E-state index contributed by atoms with van der Waals surface area (Å²) in [6.45, 7) is 35.9. The Kier molecular flexibility index (Phi) is 40.9. The zero-order valence-corrected chi connectivity index (χ0v) is 97.4. The number of fused-ring (bicyclic) bond motifs is 13. The summed E-state index contributed by atoms with van der Waals surface area (Å²) >= 11 is 30.6. The van der Waals surface area contributed by atoms with E-state index in [2.05, 4.69) is 438 Å². The molecule has 21 rings (SSSR count). The molecule has 1 N–H and O–H groups in total. The van der Waals surface area contributed by atoms with Crippen LogP contribution < -0.4 is 20.5 Å². The molecule has 1 aliphatic carbocycles. The molecule has 0 bridgehead atoms. The number of ether oxygens (including phenoxy) is 1. The first-order valence-electron chi connectivity index (χ1n) is 46.5. The molecular formula is C109H119B4Br6Cl2FN2O9Si2U-. The van der Waals surface area contributed by atoms with Crippen molar-refractivity contribution >= 4 is 247 Å². The van der Waals surface area contributed by atoms with E-state index >= 15 is 0 Å². The van der Waals surface area contributed by atoms with E-state index in [1.54, 1.807) is 24.3 Å². The zero-order valence-electron chi connectivity index (χ0n) is 82.9. The van der Waals surface area contributed by atoms with E-state index < -0.39 is 38.8 Å². The maximum absolute atomic E-state index is 9.96. The minimum absolute atomic E-state index is 0. The van der Waals surface area contributed by atoms with Crippen LogP contribution >= 0.6 is 120 Å². The van der Waals surface area contributed by atoms with Crippen molar-refractivity contribution in [3.05, 3.63) is 360 Å². The Labute approximate surface area is 899 Å². The molecule has 6 heterocycles. The molecule has 0 spiro atoms. The minimum atomic E-state index is -1.00. The molecule has 0 atom stereocenters. The summed E-state index contributed by atoms with van der Waals surface area (Å²) in [4.78, 5) is 0. The Morgan fingerprint density at radius 2 is 0.838 bits per heavy atom. The Balaban J connectivity index is 0.000000177. The fourth-order valence-electron chi connectivity index (χ4n) is 16.1. The molecule has 707 valence electrons. The molecule has 0 saturated carbocycles. The molecule has 136 heavy (non-hydrogen) atoms. The summed E-state index contributed by atoms with van der Waals surface area (Å²) in [7, 11) is -0.542. The predicted molar refractivity (Wildman–Crippen MR) is 602 cm³/mol. The third-order valence-electron chi connectivity index (χ3n) is 25.1. The first-order chi connectivity index (χ1) is 65.9. The van der Waals surface area contributed by atoms with Gasteiger partial charge in [0, 0.05) is 109 Å². The summed E-state index contributed by atoms with van der Waals surface area (Å²) < 4.78 is 83.5. The maximum atomic E-state index is 9.96. The van der Waals surface area contributed by atoms with E-state index in [-0.39, 0.29) is 71.8 Å². The average molecular weight is 2510 g/mol. The molecule has 5 aliphatic rings. The standard InChI is InChI=1S/C22H14BrN.C18H12BrN.C17H11Br.C14H23BO2Si.C12H24B2O4.C8H11BrSi.C6H5BClO2.C6H4Br2.C4H8O.CH3F.CH3.ClH.U/c23-16-11-13-20-19(14-16)22-18-9-5-4-6-15(18)10-12-21(22)24(20)17-7-2-1-3-8-17;19-15-10-6-12-17-18(15)14-9-4-5-11-16(14)20(17)13-7-2-1-3-8-13;18-14-8-7-12-9-13-6-5-11-3-1-2-4-15(11)17(13)16(12)10-14;1-13(2)14(3,4)17-15(16-13)11-9-7-8-10-12(11)18(5)6;1-9(2)10(3,4)16-13(15-9)14-17-11(5,6)12(7,8)18-14;1-10(2)8-6-4-3-5-7(8)9;8-5-2-1-3-6(4-5)10-7-9;7-5-3-1-2-4-6(5)8;1-2-4-5-3-1;1-2;;;/h1-14H;1-12H;1-8,10H,9H2;7-10,18H,1-6H3;1-8H3;3-6,10H,1-2H3;1-4,9H;1-4H;1-4H2;1H3;1H3;1H;/q;;;;;;;;;;-1;;/i;;;;;;;;;1D;1T;;/hT. The predicted octanol–water partition coefficient (Wildman–Crippen LogP) is 30.2. The number of benzene rings is 14. The molecule has 0 amide bonds. The van der Waals surface area contributed by atoms with Gasteiger partial charge in [0.1, 0.15) is 6.92 Å². The fraction of sp³-hybridized carbons (Fsp3) is 0.257. The van der Waals surface area contributed by atoms with Gasteiger partial charge in [-0.25, -0.2) is 1.37 Å². The molecule has 27 heteroatoms. The van der Waals surface area contributed by atoms with Crippen LogP contribution in [0.1, 0.15) is 110 Å². The summed E-state index contributed by atoms with van der Waals surface area (Å²) in [5.74, 6) is 0.523. The van der Waals surface area contributed by atoms with E-state index in [1.165, 1.54) is 132 Å². The molecule has 0 unspecified atom stereocenters. The molecule has 14 aromatic carbocycles. The fourth-order valence-corrected chi connectivity index (χ4v) is 22.3. The first-order valence-corrected chi connectivity index (χ1v) is 55.6. The average Bonchev–Trinajstić information content (AvgIpc) is 1.56. The number of halogens is 9. The number of rotatable bonds is 8. The second-order valence-corrected chi connectivity index (χ2v) is 47.9. The maximum Gasteiger partial charge on any atom is 0.569 e. The number of hydrogen-bond acceptors (Lipinski definition) is 9. The largest absolute Gasteiger partial charge is 0.569 e. The van der Waals surface area contributed by atoms with Crippen LogP contribution in [0.5, 0.6) is 5.75 Å². The normalized spacial score (nSPS) is 15.5. The Morgan fingerprint density at radius 1 is 0.434 bits per heavy atom. The van der Waals surface area contributed by atoms with Crippen molar-refractivity contribution in [1.29, 1.82) is 1.17 Å². The van der Waals surface area contributed by atoms with E-state index in [9.17, 15) is 4.39 Å². The van der Waals surface area contributed by atoms with Gasteiger partial charge in [0.15, 0.2) is 0 Å². The van der Waals surface area contributed by atoms with Crippen LogP contribution in [0.3, 0.4) is 0 Å². The quantitative estimate of drug-likeness (QED) is 0.118. The molecule has 4 fully saturated rings. The number of para-hydroxylation sites is 3. The molecule has 4 aliphatic heterocycles. The number of alkyl halides is 1. The van der Waals surface area contributed by atoms with Gasteiger partial charge in [-0.2, -0.15) is 0 Å². The molecule has 1 radical (unpaired) electrons. The van der Waals surface area contributed by atoms with Crippen molar-refractivity contribution in [2.45, 2.75) is 162 Å². The van der Waals surface area contributed by atoms with Gasteiger partial charge in [0.05, 0.1) is 81.8 Å². The van der Waals surface area contributed by atoms with Crippen molar-refractivity contribution in [3.63, 3.8) is 0 Å². The Hall–Kier alpha value is -6.18. The van der Waals surface area contributed by atoms with Crippen LogP contribution in [0.15, 0.2) is 336 Å². The summed E-state index contributed by atoms with van der Waals surface area (Å²) in [6.07, 6.45) is 3.61. The third kappa shape index (κ3) is 27.6. The minimum Gasteiger partial charge on any atom is -0.537 e. The summed E-state index contributed by atoms with van der Waals surface area (Å²) in [6, 6.07) is 107. The van der Waals surface area contributed by atoms with E-state index in [0.717, 1.165) is 42.0 Å². The molecule has 4 saturated heterocycles. The van der Waals surface area contributed by atoms with E-state index in [1.807, 2.05) is 85.7 Å². The topological polar surface area (TPSA) is 104 Å². The van der Waals surface area contributed by atoms with Gasteiger partial charge < -0.3 is 58.9 Å². The van der Waals surface area contributed by atoms with Crippen LogP contribution in [0, 0.1) is 38.5 Å². The SMILES string of the molecule is Brc1ccc2c(c1)-c1c(ccc3ccccc13)C2.Brc1ccc2c(c1)c1c3ccccc3ccc1n2-c1ccccc1.Brc1cccc2c1c1ccccc1n2-c1ccccc1.Brc1ccccc1Br.C1CCOC1.CC1(C)OB(B2OC(C)(C)C(C)(C)O2)OC1(C)C.C[SiH](C)c1ccccc1B1OC(C)(C)C(C)(C)O1.C[SiH](C)c1ccccc1Br.O[B]Oc1cccc(Cl)c1.[2H]CF.[3H]Cl.[3H][CH2-].[U]. The smallest absolute Gasteiger partial charge is 0.537 e. The summed E-state index contributed by atoms with van der Waals surface area (Å²) in [5.41, 5.74) is 12.3. The monoisotopic (exact) mass is 2510 g/mol. The number of hydrogen-bond donors (Lipinski definition) is 1. The van der Waals surface area contributed by atoms with Crippen LogP contribution in [-0.4, -0.2) is 116 Å².